The zero-order valence-corrected chi connectivity index (χ0v) is 16.1. The molecule has 6 nitrogen and oxygen atoms in total. The predicted molar refractivity (Wildman–Crippen MR) is 109 cm³/mol. The van der Waals surface area contributed by atoms with Crippen molar-refractivity contribution in [1.82, 2.24) is 5.43 Å². The standard InChI is InChI=1S/C21H27N3O3/c1-4-24(5-2)18-9-7-17(8-10-18)15-22-23-21(25)16-27-20-13-11-19(12-14-20)26-6-3/h7-15H,4-6,16H2,1-3H3,(H,23,25)/b22-15-. The molecule has 0 radical (unpaired) electrons. The maximum atomic E-state index is 11.8. The van der Waals surface area contributed by atoms with Crippen LogP contribution in [0.4, 0.5) is 5.69 Å². The van der Waals surface area contributed by atoms with E-state index in [-0.39, 0.29) is 12.5 Å². The molecule has 0 atom stereocenters. The molecule has 0 aliphatic carbocycles. The smallest absolute Gasteiger partial charge is 0.277 e. The summed E-state index contributed by atoms with van der Waals surface area (Å²) in [6, 6.07) is 15.2. The molecule has 0 fully saturated rings. The second kappa shape index (κ2) is 10.9. The highest BCUT2D eigenvalue weighted by molar-refractivity contribution is 5.83. The molecule has 2 rings (SSSR count). The van der Waals surface area contributed by atoms with Crippen LogP contribution in [0.15, 0.2) is 53.6 Å². The summed E-state index contributed by atoms with van der Waals surface area (Å²) in [5.74, 6) is 1.05. The Morgan fingerprint density at radius 2 is 1.56 bits per heavy atom. The van der Waals surface area contributed by atoms with Crippen LogP contribution in [0.3, 0.4) is 0 Å². The van der Waals surface area contributed by atoms with Gasteiger partial charge in [0.05, 0.1) is 12.8 Å². The maximum Gasteiger partial charge on any atom is 0.277 e. The molecule has 0 aliphatic rings. The van der Waals surface area contributed by atoms with Gasteiger partial charge in [-0.2, -0.15) is 5.10 Å². The van der Waals surface area contributed by atoms with Crippen molar-refractivity contribution < 1.29 is 14.3 Å². The van der Waals surface area contributed by atoms with Crippen LogP contribution in [0.2, 0.25) is 0 Å². The summed E-state index contributed by atoms with van der Waals surface area (Å²) in [6.45, 7) is 8.62. The van der Waals surface area contributed by atoms with Crippen LogP contribution < -0.4 is 19.8 Å². The highest BCUT2D eigenvalue weighted by Crippen LogP contribution is 2.17. The fraction of sp³-hybridized carbons (Fsp3) is 0.333. The fourth-order valence-electron chi connectivity index (χ4n) is 2.52. The lowest BCUT2D eigenvalue weighted by atomic mass is 10.2. The highest BCUT2D eigenvalue weighted by atomic mass is 16.5. The Balaban J connectivity index is 1.77. The normalized spacial score (nSPS) is 10.6. The van der Waals surface area contributed by atoms with Gasteiger partial charge in [-0.25, -0.2) is 5.43 Å². The van der Waals surface area contributed by atoms with Crippen LogP contribution >= 0.6 is 0 Å². The number of rotatable bonds is 10. The molecule has 0 unspecified atom stereocenters. The Labute approximate surface area is 160 Å². The molecule has 2 aromatic carbocycles. The Bertz CT molecular complexity index is 723. The van der Waals surface area contributed by atoms with Gasteiger partial charge in [-0.1, -0.05) is 12.1 Å². The summed E-state index contributed by atoms with van der Waals surface area (Å²) in [5, 5.41) is 3.97. The highest BCUT2D eigenvalue weighted by Gasteiger charge is 2.03. The van der Waals surface area contributed by atoms with E-state index in [4.69, 9.17) is 9.47 Å². The van der Waals surface area contributed by atoms with Crippen LogP contribution in [0.1, 0.15) is 26.3 Å². The Morgan fingerprint density at radius 1 is 0.963 bits per heavy atom. The van der Waals surface area contributed by atoms with Gasteiger partial charge in [0.25, 0.3) is 5.91 Å². The average Bonchev–Trinajstić information content (AvgIpc) is 2.70. The van der Waals surface area contributed by atoms with Crippen LogP contribution in [0.25, 0.3) is 0 Å². The minimum Gasteiger partial charge on any atom is -0.494 e. The number of hydrogen-bond donors (Lipinski definition) is 1. The van der Waals surface area contributed by atoms with Crippen molar-refractivity contribution in [1.29, 1.82) is 0 Å². The monoisotopic (exact) mass is 369 g/mol. The molecule has 1 amide bonds. The van der Waals surface area contributed by atoms with Gasteiger partial charge in [0.1, 0.15) is 11.5 Å². The second-order valence-corrected chi connectivity index (χ2v) is 5.75. The molecular weight excluding hydrogens is 342 g/mol. The van der Waals surface area contributed by atoms with Crippen molar-refractivity contribution in [3.05, 3.63) is 54.1 Å². The minimum atomic E-state index is -0.320. The minimum absolute atomic E-state index is 0.105. The molecule has 0 aliphatic heterocycles. The zero-order valence-electron chi connectivity index (χ0n) is 16.1. The van der Waals surface area contributed by atoms with Gasteiger partial charge in [0.2, 0.25) is 0 Å². The fourth-order valence-corrected chi connectivity index (χ4v) is 2.52. The third-order valence-electron chi connectivity index (χ3n) is 3.93. The molecule has 0 bridgehead atoms. The molecule has 0 saturated carbocycles. The number of amides is 1. The van der Waals surface area contributed by atoms with Crippen molar-refractivity contribution in [3.63, 3.8) is 0 Å². The molecule has 0 heterocycles. The van der Waals surface area contributed by atoms with E-state index in [0.29, 0.717) is 12.4 Å². The number of hydrogen-bond acceptors (Lipinski definition) is 5. The van der Waals surface area contributed by atoms with Gasteiger partial charge >= 0.3 is 0 Å². The second-order valence-electron chi connectivity index (χ2n) is 5.75. The van der Waals surface area contributed by atoms with Crippen molar-refractivity contribution in [2.75, 3.05) is 31.2 Å². The average molecular weight is 369 g/mol. The lowest BCUT2D eigenvalue weighted by Gasteiger charge is -2.20. The van der Waals surface area contributed by atoms with Crippen molar-refractivity contribution >= 4 is 17.8 Å². The van der Waals surface area contributed by atoms with Crippen LogP contribution in [-0.2, 0) is 4.79 Å². The first-order chi connectivity index (χ1) is 13.2. The van der Waals surface area contributed by atoms with E-state index in [0.717, 1.165) is 24.4 Å². The summed E-state index contributed by atoms with van der Waals surface area (Å²) in [7, 11) is 0. The van der Waals surface area contributed by atoms with Crippen molar-refractivity contribution in [3.8, 4) is 11.5 Å². The summed E-state index contributed by atoms with van der Waals surface area (Å²) >= 11 is 0. The molecule has 0 aromatic heterocycles. The topological polar surface area (TPSA) is 63.2 Å². The number of carbonyl (C=O) groups is 1. The number of carbonyl (C=O) groups excluding carboxylic acids is 1. The van der Waals surface area contributed by atoms with E-state index < -0.39 is 0 Å². The summed E-state index contributed by atoms with van der Waals surface area (Å²) in [6.07, 6.45) is 1.61. The third-order valence-corrected chi connectivity index (χ3v) is 3.93. The van der Waals surface area contributed by atoms with Crippen LogP contribution in [0, 0.1) is 0 Å². The molecule has 144 valence electrons. The largest absolute Gasteiger partial charge is 0.494 e. The molecule has 6 heteroatoms. The van der Waals surface area contributed by atoms with Gasteiger partial charge < -0.3 is 14.4 Å². The van der Waals surface area contributed by atoms with E-state index in [1.807, 2.05) is 31.2 Å². The van der Waals surface area contributed by atoms with Gasteiger partial charge in [-0.3, -0.25) is 4.79 Å². The summed E-state index contributed by atoms with van der Waals surface area (Å²) in [4.78, 5) is 14.1. The van der Waals surface area contributed by atoms with E-state index in [1.54, 1.807) is 30.5 Å². The first-order valence-electron chi connectivity index (χ1n) is 9.18. The van der Waals surface area contributed by atoms with E-state index in [1.165, 1.54) is 5.69 Å². The number of benzene rings is 2. The van der Waals surface area contributed by atoms with Gasteiger partial charge in [-0.15, -0.1) is 0 Å². The maximum absolute atomic E-state index is 11.8. The Kier molecular flexibility index (Phi) is 8.16. The Hall–Kier alpha value is -3.02. The summed E-state index contributed by atoms with van der Waals surface area (Å²) < 4.78 is 10.8. The predicted octanol–water partition coefficient (Wildman–Crippen LogP) is 3.46. The SMILES string of the molecule is CCOc1ccc(OCC(=O)N/N=C\c2ccc(N(CC)CC)cc2)cc1. The van der Waals surface area contributed by atoms with Gasteiger partial charge in [-0.05, 0) is 62.7 Å². The first-order valence-corrected chi connectivity index (χ1v) is 9.18. The summed E-state index contributed by atoms with van der Waals surface area (Å²) in [5.41, 5.74) is 4.55. The van der Waals surface area contributed by atoms with Crippen LogP contribution in [-0.4, -0.2) is 38.4 Å². The number of nitrogens with one attached hydrogen (secondary N) is 1. The number of nitrogens with zero attached hydrogens (tertiary/aromatic N) is 2. The third kappa shape index (κ3) is 6.66. The molecule has 1 N–H and O–H groups in total. The molecule has 0 saturated heterocycles. The number of anilines is 1. The first kappa shape index (κ1) is 20.3. The lowest BCUT2D eigenvalue weighted by molar-refractivity contribution is -0.123. The molecule has 0 spiro atoms. The van der Waals surface area contributed by atoms with Crippen molar-refractivity contribution in [2.45, 2.75) is 20.8 Å². The van der Waals surface area contributed by atoms with Gasteiger partial charge in [0, 0.05) is 18.8 Å². The lowest BCUT2D eigenvalue weighted by Crippen LogP contribution is -2.24. The van der Waals surface area contributed by atoms with E-state index in [9.17, 15) is 4.79 Å². The van der Waals surface area contributed by atoms with E-state index >= 15 is 0 Å². The molecule has 2 aromatic rings. The van der Waals surface area contributed by atoms with Gasteiger partial charge in [0.15, 0.2) is 6.61 Å². The zero-order chi connectivity index (χ0) is 19.5. The quantitative estimate of drug-likeness (QED) is 0.515. The molecule has 27 heavy (non-hydrogen) atoms. The molecular formula is C21H27N3O3. The number of hydrazone groups is 1. The van der Waals surface area contributed by atoms with Crippen LogP contribution in [0.5, 0.6) is 11.5 Å². The Morgan fingerprint density at radius 3 is 2.11 bits per heavy atom. The van der Waals surface area contributed by atoms with Crippen molar-refractivity contribution in [2.24, 2.45) is 5.10 Å². The van der Waals surface area contributed by atoms with E-state index in [2.05, 4.69) is 29.3 Å². The number of ether oxygens (including phenoxy) is 2.